The number of carbonyl (C=O) groups excluding carboxylic acids is 1. The van der Waals surface area contributed by atoms with Crippen LogP contribution in [0.25, 0.3) is 0 Å². The van der Waals surface area contributed by atoms with Crippen molar-refractivity contribution in [2.75, 3.05) is 0 Å². The molecule has 2 aliphatic heterocycles. The maximum Gasteiger partial charge on any atom is 0.314 e. The lowest BCUT2D eigenvalue weighted by Crippen LogP contribution is -2.55. The molecule has 0 aliphatic carbocycles. The molecule has 0 saturated carbocycles. The van der Waals surface area contributed by atoms with Crippen molar-refractivity contribution >= 4 is 5.97 Å². The van der Waals surface area contributed by atoms with Crippen LogP contribution in [0.5, 0.6) is 0 Å². The minimum absolute atomic E-state index is 0.382. The number of allylic oxidation sites excluding steroid dienone is 1. The van der Waals surface area contributed by atoms with E-state index in [4.69, 9.17) is 9.47 Å². The second kappa shape index (κ2) is 4.16. The second-order valence-corrected chi connectivity index (χ2v) is 4.24. The van der Waals surface area contributed by atoms with E-state index in [1.54, 1.807) is 26.0 Å². The van der Waals surface area contributed by atoms with Gasteiger partial charge in [-0.05, 0) is 13.8 Å². The third kappa shape index (κ3) is 1.65. The first-order chi connectivity index (χ1) is 7.56. The van der Waals surface area contributed by atoms with Crippen LogP contribution < -0.4 is 0 Å². The third-order valence-corrected chi connectivity index (χ3v) is 3.14. The lowest BCUT2D eigenvalue weighted by molar-refractivity contribution is -0.180. The number of carbonyl (C=O) groups is 1. The van der Waals surface area contributed by atoms with E-state index in [-0.39, 0.29) is 6.10 Å². The van der Waals surface area contributed by atoms with Crippen molar-refractivity contribution < 1.29 is 24.5 Å². The van der Waals surface area contributed by atoms with Gasteiger partial charge < -0.3 is 19.7 Å². The number of esters is 1. The summed E-state index contributed by atoms with van der Waals surface area (Å²) >= 11 is 0. The fraction of sp³-hybridized carbons (Fsp3) is 0.727. The molecular weight excluding hydrogens is 212 g/mol. The number of fused-ring (bicyclic) bond motifs is 1. The largest absolute Gasteiger partial charge is 0.460 e. The fourth-order valence-corrected chi connectivity index (χ4v) is 2.30. The summed E-state index contributed by atoms with van der Waals surface area (Å²) in [5, 5.41) is 19.7. The first-order valence-corrected chi connectivity index (χ1v) is 5.41. The Labute approximate surface area is 93.7 Å². The molecule has 2 saturated heterocycles. The lowest BCUT2D eigenvalue weighted by atomic mass is 9.86. The normalized spacial score (nSPS) is 48.1. The maximum atomic E-state index is 11.4. The van der Waals surface area contributed by atoms with Crippen molar-refractivity contribution in [3.63, 3.8) is 0 Å². The molecule has 0 unspecified atom stereocenters. The monoisotopic (exact) mass is 228 g/mol. The van der Waals surface area contributed by atoms with Crippen LogP contribution >= 0.6 is 0 Å². The van der Waals surface area contributed by atoms with Crippen molar-refractivity contribution in [3.05, 3.63) is 12.2 Å². The Balaban J connectivity index is 2.23. The summed E-state index contributed by atoms with van der Waals surface area (Å²) in [6, 6.07) is 0. The van der Waals surface area contributed by atoms with Gasteiger partial charge in [0.2, 0.25) is 0 Å². The van der Waals surface area contributed by atoms with E-state index in [0.717, 1.165) is 0 Å². The number of aliphatic hydroxyl groups is 2. The molecule has 90 valence electrons. The molecule has 2 heterocycles. The fourth-order valence-electron chi connectivity index (χ4n) is 2.30. The maximum absolute atomic E-state index is 11.4. The first kappa shape index (κ1) is 11.6. The molecule has 0 amide bonds. The number of ether oxygens (including phenoxy) is 2. The standard InChI is InChI=1S/C11H16O5/c1-3-4-6-8(12)9(13)7-10(16-6)5(2)15-11(7)14/h3-10,12-13H,1-2H3/b4-3+/t5-,6-,7-,8-,9+,10+/m0/s1. The van der Waals surface area contributed by atoms with Gasteiger partial charge in [0.25, 0.3) is 0 Å². The second-order valence-electron chi connectivity index (χ2n) is 4.24. The first-order valence-electron chi connectivity index (χ1n) is 5.41. The van der Waals surface area contributed by atoms with Gasteiger partial charge in [0.1, 0.15) is 30.3 Å². The average molecular weight is 228 g/mol. The summed E-state index contributed by atoms with van der Waals surface area (Å²) in [6.07, 6.45) is -0.256. The van der Waals surface area contributed by atoms with E-state index >= 15 is 0 Å². The smallest absolute Gasteiger partial charge is 0.314 e. The number of aliphatic hydroxyl groups excluding tert-OH is 2. The van der Waals surface area contributed by atoms with Gasteiger partial charge in [0, 0.05) is 0 Å². The molecule has 0 aromatic heterocycles. The van der Waals surface area contributed by atoms with Gasteiger partial charge in [-0.2, -0.15) is 0 Å². The number of rotatable bonds is 1. The zero-order chi connectivity index (χ0) is 11.9. The Hall–Kier alpha value is -0.910. The summed E-state index contributed by atoms with van der Waals surface area (Å²) in [7, 11) is 0. The van der Waals surface area contributed by atoms with E-state index in [1.165, 1.54) is 0 Å². The summed E-state index contributed by atoms with van der Waals surface area (Å²) in [5.74, 6) is -1.27. The molecule has 2 N–H and O–H groups in total. The topological polar surface area (TPSA) is 76.0 Å². The molecule has 0 aromatic carbocycles. The molecule has 0 radical (unpaired) electrons. The van der Waals surface area contributed by atoms with Crippen molar-refractivity contribution in [2.45, 2.75) is 44.4 Å². The van der Waals surface area contributed by atoms with Gasteiger partial charge >= 0.3 is 5.97 Å². The van der Waals surface area contributed by atoms with E-state index in [2.05, 4.69) is 0 Å². The quantitative estimate of drug-likeness (QED) is 0.472. The predicted octanol–water partition coefficient (Wildman–Crippen LogP) is -0.387. The SMILES string of the molecule is C/C=C/[C@@H]1O[C@H]2[C@@H](C(=O)O[C@H]2C)[C@@H](O)[C@H]1O. The van der Waals surface area contributed by atoms with Crippen LogP contribution in [0.15, 0.2) is 12.2 Å². The molecular formula is C11H16O5. The number of hydrogen-bond donors (Lipinski definition) is 2. The zero-order valence-electron chi connectivity index (χ0n) is 9.24. The lowest BCUT2D eigenvalue weighted by Gasteiger charge is -2.37. The van der Waals surface area contributed by atoms with Gasteiger partial charge in [-0.1, -0.05) is 12.2 Å². The highest BCUT2D eigenvalue weighted by molar-refractivity contribution is 5.76. The van der Waals surface area contributed by atoms with E-state index in [1.807, 2.05) is 0 Å². The Morgan fingerprint density at radius 1 is 1.31 bits per heavy atom. The van der Waals surface area contributed by atoms with Crippen molar-refractivity contribution in [3.8, 4) is 0 Å². The van der Waals surface area contributed by atoms with E-state index in [9.17, 15) is 15.0 Å². The molecule has 5 nitrogen and oxygen atoms in total. The molecule has 2 aliphatic rings. The molecule has 5 heteroatoms. The van der Waals surface area contributed by atoms with Crippen LogP contribution in [-0.2, 0) is 14.3 Å². The highest BCUT2D eigenvalue weighted by Gasteiger charge is 2.54. The minimum atomic E-state index is -1.13. The van der Waals surface area contributed by atoms with Crippen LogP contribution in [0.1, 0.15) is 13.8 Å². The highest BCUT2D eigenvalue weighted by Crippen LogP contribution is 2.35. The molecule has 6 atom stereocenters. The number of cyclic esters (lactones) is 1. The van der Waals surface area contributed by atoms with E-state index < -0.39 is 36.3 Å². The van der Waals surface area contributed by atoms with E-state index in [0.29, 0.717) is 0 Å². The predicted molar refractivity (Wildman–Crippen MR) is 54.5 cm³/mol. The van der Waals surface area contributed by atoms with Gasteiger partial charge in [-0.15, -0.1) is 0 Å². The number of hydrogen-bond acceptors (Lipinski definition) is 5. The Morgan fingerprint density at radius 3 is 2.62 bits per heavy atom. The van der Waals surface area contributed by atoms with Crippen LogP contribution in [0.4, 0.5) is 0 Å². The molecule has 0 spiro atoms. The summed E-state index contributed by atoms with van der Waals surface area (Å²) < 4.78 is 10.6. The van der Waals surface area contributed by atoms with Crippen molar-refractivity contribution in [1.29, 1.82) is 0 Å². The Morgan fingerprint density at radius 2 is 2.00 bits per heavy atom. The molecule has 2 fully saturated rings. The Bertz CT molecular complexity index is 313. The molecule has 2 rings (SSSR count). The van der Waals surface area contributed by atoms with Crippen LogP contribution in [0, 0.1) is 5.92 Å². The zero-order valence-corrected chi connectivity index (χ0v) is 9.24. The summed E-state index contributed by atoms with van der Waals surface area (Å²) in [6.45, 7) is 3.52. The highest BCUT2D eigenvalue weighted by atomic mass is 16.6. The third-order valence-electron chi connectivity index (χ3n) is 3.14. The van der Waals surface area contributed by atoms with Gasteiger partial charge in [0.15, 0.2) is 0 Å². The minimum Gasteiger partial charge on any atom is -0.460 e. The summed E-state index contributed by atoms with van der Waals surface area (Å²) in [5.41, 5.74) is 0. The van der Waals surface area contributed by atoms with Crippen molar-refractivity contribution in [2.24, 2.45) is 5.92 Å². The van der Waals surface area contributed by atoms with Crippen LogP contribution in [0.2, 0.25) is 0 Å². The van der Waals surface area contributed by atoms with Crippen molar-refractivity contribution in [1.82, 2.24) is 0 Å². The Kier molecular flexibility index (Phi) is 3.01. The molecule has 0 aromatic rings. The molecule has 0 bridgehead atoms. The molecule has 16 heavy (non-hydrogen) atoms. The van der Waals surface area contributed by atoms with Crippen LogP contribution in [-0.4, -0.2) is 46.7 Å². The van der Waals surface area contributed by atoms with Crippen LogP contribution in [0.3, 0.4) is 0 Å². The van der Waals surface area contributed by atoms with Gasteiger partial charge in [-0.3, -0.25) is 4.79 Å². The van der Waals surface area contributed by atoms with Gasteiger partial charge in [0.05, 0.1) is 6.10 Å². The summed E-state index contributed by atoms with van der Waals surface area (Å²) in [4.78, 5) is 11.4. The average Bonchev–Trinajstić information content (AvgIpc) is 2.50. The van der Waals surface area contributed by atoms with Gasteiger partial charge in [-0.25, -0.2) is 0 Å².